The summed E-state index contributed by atoms with van der Waals surface area (Å²) >= 11 is 12.0. The molecule has 2 fully saturated rings. The number of nitrogens with zero attached hydrogens (tertiary/aromatic N) is 3. The van der Waals surface area contributed by atoms with Gasteiger partial charge in [-0.25, -0.2) is 0 Å². The second kappa shape index (κ2) is 6.19. The van der Waals surface area contributed by atoms with Crippen LogP contribution in [0.15, 0.2) is 23.3 Å². The smallest absolute Gasteiger partial charge is 0.239 e. The van der Waals surface area contributed by atoms with Crippen LogP contribution < -0.4 is 15.6 Å². The summed E-state index contributed by atoms with van der Waals surface area (Å²) in [7, 11) is 0. The number of halogens is 2. The molecule has 1 aromatic rings. The molecule has 3 aliphatic rings. The number of nitrogens with one attached hydrogen (secondary N) is 2. The van der Waals surface area contributed by atoms with Gasteiger partial charge in [-0.15, -0.1) is 0 Å². The van der Waals surface area contributed by atoms with Crippen molar-refractivity contribution in [2.45, 2.75) is 6.42 Å². The van der Waals surface area contributed by atoms with Crippen LogP contribution in [0.25, 0.3) is 0 Å². The fourth-order valence-corrected chi connectivity index (χ4v) is 3.79. The highest BCUT2D eigenvalue weighted by atomic mass is 35.5. The number of amides is 1. The van der Waals surface area contributed by atoms with E-state index in [4.69, 9.17) is 23.2 Å². The normalized spacial score (nSPS) is 22.1. The molecule has 128 valence electrons. The van der Waals surface area contributed by atoms with E-state index in [-0.39, 0.29) is 5.91 Å². The first-order valence-corrected chi connectivity index (χ1v) is 8.82. The highest BCUT2D eigenvalue weighted by molar-refractivity contribution is 6.42. The van der Waals surface area contributed by atoms with Crippen molar-refractivity contribution in [1.82, 2.24) is 15.5 Å². The molecule has 0 radical (unpaired) electrons. The number of anilines is 1. The van der Waals surface area contributed by atoms with Gasteiger partial charge < -0.3 is 10.6 Å². The summed E-state index contributed by atoms with van der Waals surface area (Å²) in [4.78, 5) is 14.3. The zero-order valence-corrected chi connectivity index (χ0v) is 14.7. The summed E-state index contributed by atoms with van der Waals surface area (Å²) in [5, 5.41) is 13.5. The lowest BCUT2D eigenvalue weighted by atomic mass is 9.74. The summed E-state index contributed by atoms with van der Waals surface area (Å²) in [5.41, 5.74) is 1.31. The SMILES string of the molecule is O=C(CN1CC2(CNC2)C1)NC1=NN(c2ccc(Cl)c(Cl)c2)CC1. The van der Waals surface area contributed by atoms with Crippen LogP contribution in [-0.2, 0) is 4.79 Å². The summed E-state index contributed by atoms with van der Waals surface area (Å²) in [6, 6.07) is 5.40. The molecule has 0 unspecified atom stereocenters. The molecule has 8 heteroatoms. The number of carbonyl (C=O) groups is 1. The Balaban J connectivity index is 1.30. The number of hydrazone groups is 1. The Morgan fingerprint density at radius 1 is 1.29 bits per heavy atom. The largest absolute Gasteiger partial charge is 0.315 e. The van der Waals surface area contributed by atoms with Gasteiger partial charge in [0, 0.05) is 44.6 Å². The van der Waals surface area contributed by atoms with Crippen molar-refractivity contribution in [1.29, 1.82) is 0 Å². The molecule has 4 rings (SSSR count). The second-order valence-electron chi connectivity index (χ2n) is 6.82. The monoisotopic (exact) mass is 367 g/mol. The third-order valence-corrected chi connectivity index (χ3v) is 5.51. The van der Waals surface area contributed by atoms with E-state index >= 15 is 0 Å². The average Bonchev–Trinajstić information content (AvgIpc) is 2.91. The van der Waals surface area contributed by atoms with Crippen molar-refractivity contribution >= 4 is 40.6 Å². The van der Waals surface area contributed by atoms with Gasteiger partial charge in [0.25, 0.3) is 0 Å². The number of hydrogen-bond donors (Lipinski definition) is 2. The maximum absolute atomic E-state index is 12.2. The molecule has 3 heterocycles. The van der Waals surface area contributed by atoms with E-state index in [0.29, 0.717) is 40.8 Å². The summed E-state index contributed by atoms with van der Waals surface area (Å²) in [6.45, 7) is 5.33. The minimum atomic E-state index is 0.00636. The van der Waals surface area contributed by atoms with Gasteiger partial charge in [0.2, 0.25) is 5.91 Å². The predicted octanol–water partition coefficient (Wildman–Crippen LogP) is 1.54. The number of likely N-dealkylation sites (tertiary alicyclic amines) is 1. The quantitative estimate of drug-likeness (QED) is 0.850. The summed E-state index contributed by atoms with van der Waals surface area (Å²) in [6.07, 6.45) is 0.708. The third kappa shape index (κ3) is 3.11. The van der Waals surface area contributed by atoms with Gasteiger partial charge >= 0.3 is 0 Å². The van der Waals surface area contributed by atoms with E-state index in [2.05, 4.69) is 20.6 Å². The molecule has 0 aromatic heterocycles. The van der Waals surface area contributed by atoms with Crippen LogP contribution in [0.1, 0.15) is 6.42 Å². The van der Waals surface area contributed by atoms with Gasteiger partial charge in [0.1, 0.15) is 5.84 Å². The van der Waals surface area contributed by atoms with Gasteiger partial charge in [-0.1, -0.05) is 23.2 Å². The molecule has 3 aliphatic heterocycles. The number of benzene rings is 1. The minimum absolute atomic E-state index is 0.00636. The molecule has 24 heavy (non-hydrogen) atoms. The maximum Gasteiger partial charge on any atom is 0.239 e. The Kier molecular flexibility index (Phi) is 4.16. The van der Waals surface area contributed by atoms with E-state index in [1.807, 2.05) is 11.1 Å². The standard InChI is InChI=1S/C16H19Cl2N5O/c17-12-2-1-11(5-13(12)18)23-4-3-14(21-23)20-15(24)6-22-9-16(10-22)7-19-8-16/h1-2,5,19H,3-4,6-10H2,(H,20,21,24). The topological polar surface area (TPSA) is 60.0 Å². The Bertz CT molecular complexity index is 696. The van der Waals surface area contributed by atoms with Crippen LogP contribution in [0, 0.1) is 5.41 Å². The first-order chi connectivity index (χ1) is 11.5. The van der Waals surface area contributed by atoms with Crippen LogP contribution in [0.2, 0.25) is 10.0 Å². The second-order valence-corrected chi connectivity index (χ2v) is 7.63. The average molecular weight is 368 g/mol. The van der Waals surface area contributed by atoms with E-state index in [9.17, 15) is 4.79 Å². The van der Waals surface area contributed by atoms with Crippen LogP contribution in [-0.4, -0.2) is 55.9 Å². The van der Waals surface area contributed by atoms with Gasteiger partial charge in [-0.2, -0.15) is 5.10 Å². The Hall–Kier alpha value is -1.34. The molecule has 1 amide bonds. The van der Waals surface area contributed by atoms with E-state index in [1.165, 1.54) is 0 Å². The highest BCUT2D eigenvalue weighted by Crippen LogP contribution is 2.33. The molecule has 0 atom stereocenters. The van der Waals surface area contributed by atoms with E-state index < -0.39 is 0 Å². The molecule has 0 saturated carbocycles. The van der Waals surface area contributed by atoms with Crippen molar-refractivity contribution in [3.63, 3.8) is 0 Å². The van der Waals surface area contributed by atoms with E-state index in [0.717, 1.165) is 31.9 Å². The first-order valence-electron chi connectivity index (χ1n) is 8.06. The van der Waals surface area contributed by atoms with Crippen LogP contribution in [0.4, 0.5) is 5.69 Å². The molecule has 1 aromatic carbocycles. The van der Waals surface area contributed by atoms with Crippen LogP contribution in [0.5, 0.6) is 0 Å². The number of rotatable bonds is 3. The van der Waals surface area contributed by atoms with Crippen molar-refractivity contribution in [2.24, 2.45) is 10.5 Å². The molecule has 0 aliphatic carbocycles. The Morgan fingerprint density at radius 3 is 2.75 bits per heavy atom. The zero-order chi connectivity index (χ0) is 16.7. The molecule has 6 nitrogen and oxygen atoms in total. The highest BCUT2D eigenvalue weighted by Gasteiger charge is 2.47. The number of carbonyl (C=O) groups excluding carboxylic acids is 1. The molecule has 2 N–H and O–H groups in total. The molecule has 1 spiro atoms. The fraction of sp³-hybridized carbons (Fsp3) is 0.500. The zero-order valence-electron chi connectivity index (χ0n) is 13.2. The maximum atomic E-state index is 12.2. The lowest BCUT2D eigenvalue weighted by molar-refractivity contribution is -0.125. The van der Waals surface area contributed by atoms with Crippen molar-refractivity contribution < 1.29 is 4.79 Å². The summed E-state index contributed by atoms with van der Waals surface area (Å²) in [5.74, 6) is 0.707. The Labute approximate surface area is 150 Å². The predicted molar refractivity (Wildman–Crippen MR) is 95.7 cm³/mol. The van der Waals surface area contributed by atoms with Crippen molar-refractivity contribution in [3.05, 3.63) is 28.2 Å². The van der Waals surface area contributed by atoms with Crippen molar-refractivity contribution in [3.8, 4) is 0 Å². The molecule has 2 saturated heterocycles. The lowest BCUT2D eigenvalue weighted by Gasteiger charge is -2.55. The molecular formula is C16H19Cl2N5O. The number of hydrogen-bond acceptors (Lipinski definition) is 5. The van der Waals surface area contributed by atoms with Gasteiger partial charge in [0.15, 0.2) is 0 Å². The van der Waals surface area contributed by atoms with Crippen LogP contribution in [0.3, 0.4) is 0 Å². The van der Waals surface area contributed by atoms with Crippen LogP contribution >= 0.6 is 23.2 Å². The number of amidine groups is 1. The van der Waals surface area contributed by atoms with E-state index in [1.54, 1.807) is 12.1 Å². The van der Waals surface area contributed by atoms with Gasteiger partial charge in [-0.05, 0) is 18.2 Å². The molecular weight excluding hydrogens is 349 g/mol. The Morgan fingerprint density at radius 2 is 2.08 bits per heavy atom. The van der Waals surface area contributed by atoms with Gasteiger partial charge in [-0.3, -0.25) is 14.7 Å². The van der Waals surface area contributed by atoms with Gasteiger partial charge in [0.05, 0.1) is 22.3 Å². The molecule has 0 bridgehead atoms. The lowest BCUT2D eigenvalue weighted by Crippen LogP contribution is -2.71. The first kappa shape index (κ1) is 16.1. The third-order valence-electron chi connectivity index (χ3n) is 4.77. The van der Waals surface area contributed by atoms with Crippen molar-refractivity contribution in [2.75, 3.05) is 44.3 Å². The summed E-state index contributed by atoms with van der Waals surface area (Å²) < 4.78 is 0. The minimum Gasteiger partial charge on any atom is -0.315 e. The fourth-order valence-electron chi connectivity index (χ4n) is 3.50.